The maximum absolute atomic E-state index is 17.0. The van der Waals surface area contributed by atoms with Gasteiger partial charge < -0.3 is 19.6 Å². The van der Waals surface area contributed by atoms with Crippen LogP contribution in [0.5, 0.6) is 11.8 Å². The Morgan fingerprint density at radius 1 is 1.17 bits per heavy atom. The maximum Gasteiger partial charge on any atom is 0.319 e. The number of likely N-dealkylation sites (tertiary alicyclic amines) is 1. The van der Waals surface area contributed by atoms with Crippen molar-refractivity contribution in [3.63, 3.8) is 0 Å². The second-order valence-corrected chi connectivity index (χ2v) is 13.6. The third-order valence-electron chi connectivity index (χ3n) is 10.8. The number of carbonyl (C=O) groups is 1. The molecule has 6 heterocycles. The smallest absolute Gasteiger partial charge is 0.319 e. The number of piperidine rings is 1. The first-order valence-corrected chi connectivity index (χ1v) is 16.5. The fourth-order valence-corrected chi connectivity index (χ4v) is 8.59. The number of fused-ring (bicyclic) bond motifs is 4. The first kappa shape index (κ1) is 30.7. The first-order valence-electron chi connectivity index (χ1n) is 16.5. The Hall–Kier alpha value is -4.63. The van der Waals surface area contributed by atoms with E-state index in [1.54, 1.807) is 6.92 Å². The number of aromatic nitrogens is 3. The minimum atomic E-state index is -0.945. The molecule has 4 saturated heterocycles. The van der Waals surface area contributed by atoms with E-state index in [0.29, 0.717) is 49.2 Å². The average molecular weight is 657 g/mol. The molecule has 9 nitrogen and oxygen atoms in total. The summed E-state index contributed by atoms with van der Waals surface area (Å²) >= 11 is 0. The third-order valence-corrected chi connectivity index (χ3v) is 10.8. The molecule has 8 rings (SSSR count). The summed E-state index contributed by atoms with van der Waals surface area (Å²) in [6.07, 6.45) is 10.1. The summed E-state index contributed by atoms with van der Waals surface area (Å²) in [4.78, 5) is 32.3. The molecule has 248 valence electrons. The van der Waals surface area contributed by atoms with Gasteiger partial charge in [0.2, 0.25) is 5.91 Å². The highest BCUT2D eigenvalue weighted by Crippen LogP contribution is 2.43. The van der Waals surface area contributed by atoms with Crippen molar-refractivity contribution in [2.75, 3.05) is 44.2 Å². The molecule has 1 N–H and O–H groups in total. The minimum Gasteiger partial charge on any atom is -0.508 e. The number of pyridine rings is 1. The van der Waals surface area contributed by atoms with Gasteiger partial charge in [-0.1, -0.05) is 12.0 Å². The summed E-state index contributed by atoms with van der Waals surface area (Å²) in [7, 11) is 0. The van der Waals surface area contributed by atoms with Gasteiger partial charge in [0.1, 0.15) is 41.4 Å². The van der Waals surface area contributed by atoms with Crippen LogP contribution in [0, 0.1) is 29.9 Å². The molecule has 4 fully saturated rings. The summed E-state index contributed by atoms with van der Waals surface area (Å²) < 4.78 is 52.7. The summed E-state index contributed by atoms with van der Waals surface area (Å²) in [6, 6.07) is 5.33. The number of phenolic OH excluding ortho intramolecular Hbond substituents is 1. The molecule has 0 aliphatic carbocycles. The topological polar surface area (TPSA) is 94.9 Å². The number of nitrogens with zero attached hydrogens (tertiary/aromatic N) is 6. The van der Waals surface area contributed by atoms with Crippen molar-refractivity contribution in [2.24, 2.45) is 5.92 Å². The standard InChI is InChI=1S/C36H35F3N6O3/c1-3-25-28(38)8-7-21-12-24(47)13-26(30(21)25)32-31(39)33-27(15-40-32)34(45-11-4-6-22-16-43(20(2)46)18-29(22)45)42-35(41-33)48-19-36-9-5-10-44(36)17-23(37)14-36/h1,7-8,12-13,15,22-23,29,47H,4-6,9-11,14,16-19H2,2H3/t22-,23+,29+,36-/m0/s1. The zero-order valence-electron chi connectivity index (χ0n) is 26.6. The van der Waals surface area contributed by atoms with E-state index in [0.717, 1.165) is 32.2 Å². The van der Waals surface area contributed by atoms with E-state index >= 15 is 4.39 Å². The van der Waals surface area contributed by atoms with E-state index in [-0.39, 0.29) is 64.0 Å². The van der Waals surface area contributed by atoms with Crippen LogP contribution >= 0.6 is 0 Å². The summed E-state index contributed by atoms with van der Waals surface area (Å²) in [5, 5.41) is 11.6. The van der Waals surface area contributed by atoms with Crippen LogP contribution in [0.15, 0.2) is 30.5 Å². The lowest BCUT2D eigenvalue weighted by atomic mass is 9.92. The number of anilines is 1. The Bertz CT molecular complexity index is 2020. The molecule has 0 saturated carbocycles. The van der Waals surface area contributed by atoms with Gasteiger partial charge >= 0.3 is 6.01 Å². The lowest BCUT2D eigenvalue weighted by Crippen LogP contribution is -2.46. The Morgan fingerprint density at radius 3 is 2.83 bits per heavy atom. The van der Waals surface area contributed by atoms with Gasteiger partial charge in [-0.15, -0.1) is 6.42 Å². The Labute approximate surface area is 275 Å². The molecular formula is C36H35F3N6O3. The van der Waals surface area contributed by atoms with Crippen molar-refractivity contribution >= 4 is 33.4 Å². The number of amides is 1. The highest BCUT2D eigenvalue weighted by molar-refractivity contribution is 6.03. The fraction of sp³-hybridized carbons (Fsp3) is 0.444. The molecule has 0 radical (unpaired) electrons. The van der Waals surface area contributed by atoms with Gasteiger partial charge in [0.25, 0.3) is 0 Å². The number of ether oxygens (including phenoxy) is 1. The SMILES string of the molecule is C#Cc1c(F)ccc2cc(O)cc(-c3ncc4c(N5CCC[C@H]6CN(C(C)=O)C[C@H]65)nc(OC[C@@]56CCCN5C[C@H](F)C6)nc4c3F)c12. The highest BCUT2D eigenvalue weighted by atomic mass is 19.1. The number of hydrogen-bond acceptors (Lipinski definition) is 8. The highest BCUT2D eigenvalue weighted by Gasteiger charge is 2.49. The van der Waals surface area contributed by atoms with Crippen LogP contribution in [0.2, 0.25) is 0 Å². The van der Waals surface area contributed by atoms with Crippen molar-refractivity contribution < 1.29 is 27.8 Å². The number of benzene rings is 2. The summed E-state index contributed by atoms with van der Waals surface area (Å²) in [6.45, 7) is 4.66. The number of terminal acetylenes is 1. The lowest BCUT2D eigenvalue weighted by molar-refractivity contribution is -0.127. The molecule has 4 atom stereocenters. The normalized spacial score (nSPS) is 25.4. The quantitative estimate of drug-likeness (QED) is 0.293. The van der Waals surface area contributed by atoms with E-state index in [2.05, 4.69) is 25.7 Å². The average Bonchev–Trinajstić information content (AvgIpc) is 3.76. The molecular weight excluding hydrogens is 621 g/mol. The Kier molecular flexibility index (Phi) is 7.36. The van der Waals surface area contributed by atoms with Gasteiger partial charge in [-0.25, -0.2) is 13.2 Å². The van der Waals surface area contributed by atoms with E-state index in [1.165, 1.54) is 30.5 Å². The van der Waals surface area contributed by atoms with Crippen LogP contribution in [-0.4, -0.2) is 92.8 Å². The molecule has 1 amide bonds. The van der Waals surface area contributed by atoms with Gasteiger partial charge in [0, 0.05) is 56.7 Å². The molecule has 0 bridgehead atoms. The zero-order chi connectivity index (χ0) is 33.3. The van der Waals surface area contributed by atoms with Crippen molar-refractivity contribution in [3.8, 4) is 35.4 Å². The first-order chi connectivity index (χ1) is 23.2. The molecule has 48 heavy (non-hydrogen) atoms. The molecule has 4 aliphatic heterocycles. The second kappa shape index (κ2) is 11.5. The fourth-order valence-electron chi connectivity index (χ4n) is 8.59. The summed E-state index contributed by atoms with van der Waals surface area (Å²) in [5.74, 6) is 1.40. The maximum atomic E-state index is 17.0. The molecule has 0 spiro atoms. The Balaban J connectivity index is 1.28. The van der Waals surface area contributed by atoms with Gasteiger partial charge in [0.15, 0.2) is 5.82 Å². The van der Waals surface area contributed by atoms with Crippen molar-refractivity contribution in [2.45, 2.75) is 56.8 Å². The van der Waals surface area contributed by atoms with Crippen LogP contribution < -0.4 is 9.64 Å². The van der Waals surface area contributed by atoms with E-state index in [9.17, 15) is 18.7 Å². The lowest BCUT2D eigenvalue weighted by Gasteiger charge is -2.38. The van der Waals surface area contributed by atoms with Crippen molar-refractivity contribution in [3.05, 3.63) is 47.7 Å². The molecule has 2 aromatic carbocycles. The van der Waals surface area contributed by atoms with Crippen LogP contribution in [0.4, 0.5) is 19.0 Å². The van der Waals surface area contributed by atoms with Gasteiger partial charge in [0.05, 0.1) is 22.5 Å². The Morgan fingerprint density at radius 2 is 2.02 bits per heavy atom. The molecule has 12 heteroatoms. The van der Waals surface area contributed by atoms with E-state index < -0.39 is 23.3 Å². The molecule has 4 aromatic rings. The van der Waals surface area contributed by atoms with Crippen molar-refractivity contribution in [1.29, 1.82) is 0 Å². The van der Waals surface area contributed by atoms with Crippen LogP contribution in [0.1, 0.15) is 44.6 Å². The van der Waals surface area contributed by atoms with Crippen molar-refractivity contribution in [1.82, 2.24) is 24.8 Å². The van der Waals surface area contributed by atoms with Crippen LogP contribution in [0.3, 0.4) is 0 Å². The van der Waals surface area contributed by atoms with Gasteiger partial charge in [-0.05, 0) is 61.7 Å². The van der Waals surface area contributed by atoms with Gasteiger partial charge in [-0.3, -0.25) is 14.7 Å². The van der Waals surface area contributed by atoms with Gasteiger partial charge in [-0.2, -0.15) is 9.97 Å². The van der Waals surface area contributed by atoms with Crippen LogP contribution in [-0.2, 0) is 4.79 Å². The zero-order valence-corrected chi connectivity index (χ0v) is 26.6. The monoisotopic (exact) mass is 656 g/mol. The molecule has 2 aromatic heterocycles. The molecule has 0 unspecified atom stereocenters. The third kappa shape index (κ3) is 4.89. The minimum absolute atomic E-state index is 0.00231. The van der Waals surface area contributed by atoms with E-state index in [4.69, 9.17) is 16.1 Å². The number of halogens is 3. The largest absolute Gasteiger partial charge is 0.508 e. The van der Waals surface area contributed by atoms with Crippen LogP contribution in [0.25, 0.3) is 32.9 Å². The number of rotatable bonds is 5. The number of phenols is 1. The van der Waals surface area contributed by atoms with E-state index in [1.807, 2.05) is 4.90 Å². The number of hydrogen-bond donors (Lipinski definition) is 1. The number of alkyl halides is 1. The number of carbonyl (C=O) groups excluding carboxylic acids is 1. The molecule has 4 aliphatic rings. The second-order valence-electron chi connectivity index (χ2n) is 13.6. The number of aromatic hydroxyl groups is 1. The predicted molar refractivity (Wildman–Crippen MR) is 174 cm³/mol. The summed E-state index contributed by atoms with van der Waals surface area (Å²) in [5.41, 5.74) is -0.660. The predicted octanol–water partition coefficient (Wildman–Crippen LogP) is 5.21.